The van der Waals surface area contributed by atoms with E-state index in [2.05, 4.69) is 205 Å². The molecule has 13 rings (SSSR count). The highest BCUT2D eigenvalue weighted by Crippen LogP contribution is 2.41. The van der Waals surface area contributed by atoms with Crippen LogP contribution in [0.25, 0.3) is 129 Å². The molecule has 0 radical (unpaired) electrons. The fourth-order valence-corrected chi connectivity index (χ4v) is 10.4. The highest BCUT2D eigenvalue weighted by molar-refractivity contribution is 6.16. The normalized spacial score (nSPS) is 11.6. The van der Waals surface area contributed by atoms with E-state index in [-0.39, 0.29) is 0 Å². The lowest BCUT2D eigenvalue weighted by molar-refractivity contribution is 0.953. The molecular weight excluding hydrogens is 963 g/mol. The largest absolute Gasteiger partial charge is 0.278 e. The predicted molar refractivity (Wildman–Crippen MR) is 324 cm³/mol. The number of hydrogen-bond acceptors (Lipinski definition) is 6. The van der Waals surface area contributed by atoms with Crippen molar-refractivity contribution in [3.8, 4) is 107 Å². The lowest BCUT2D eigenvalue weighted by Crippen LogP contribution is -2.06. The fourth-order valence-electron chi connectivity index (χ4n) is 10.4. The monoisotopic (exact) mass is 1010 g/mol. The minimum atomic E-state index is 0.536. The summed E-state index contributed by atoms with van der Waals surface area (Å²) in [4.78, 5) is 31.4. The molecule has 13 aromatic rings. The third-order valence-corrected chi connectivity index (χ3v) is 14.3. The number of rotatable bonds is 13. The van der Waals surface area contributed by atoms with Crippen LogP contribution in [0.2, 0.25) is 0 Å². The molecule has 0 amide bonds. The van der Waals surface area contributed by atoms with Crippen LogP contribution in [-0.4, -0.2) is 34.5 Å². The van der Waals surface area contributed by atoms with Gasteiger partial charge in [0, 0.05) is 38.6 Å². The molecule has 0 saturated carbocycles. The van der Waals surface area contributed by atoms with Crippen molar-refractivity contribution in [1.82, 2.24) is 34.5 Å². The standard InChI is InChI=1S/C72H51N7/c1-2-3-4-9-23-49-42-43-64-63(44-49)66-62(40-22-41-65(66)79(64)72-77-67(52-28-14-7-15-29-52)73-68(78-72)53-30-16-8-17-31-53)58-36-21-39-61(48-58)71-75-69(59-37-19-33-55(46-59)51-26-12-6-13-27-51)74-70(76-71)60-38-20-35-57(47-60)56-34-18-32-54(45-56)50-24-10-5-11-25-50/h2-22,24-48H,23H2,1H3/b3-2-,9-4-. The van der Waals surface area contributed by atoms with E-state index in [1.165, 1.54) is 11.1 Å². The second-order valence-corrected chi connectivity index (χ2v) is 19.4. The summed E-state index contributed by atoms with van der Waals surface area (Å²) in [6.45, 7) is 2.03. The second-order valence-electron chi connectivity index (χ2n) is 19.4. The number of aromatic nitrogens is 7. The quantitative estimate of drug-likeness (QED) is 0.107. The van der Waals surface area contributed by atoms with Gasteiger partial charge in [-0.2, -0.15) is 9.97 Å². The third-order valence-electron chi connectivity index (χ3n) is 14.3. The molecular formula is C72H51N7. The zero-order valence-electron chi connectivity index (χ0n) is 43.4. The zero-order valence-corrected chi connectivity index (χ0v) is 43.4. The van der Waals surface area contributed by atoms with E-state index in [0.29, 0.717) is 35.1 Å². The molecule has 10 aromatic carbocycles. The van der Waals surface area contributed by atoms with Gasteiger partial charge in [0.15, 0.2) is 29.1 Å². The average molecular weight is 1010 g/mol. The predicted octanol–water partition coefficient (Wildman–Crippen LogP) is 17.8. The summed E-state index contributed by atoms with van der Waals surface area (Å²) in [5, 5.41) is 2.17. The third kappa shape index (κ3) is 9.96. The molecule has 3 heterocycles. The van der Waals surface area contributed by atoms with Gasteiger partial charge < -0.3 is 0 Å². The van der Waals surface area contributed by atoms with Crippen molar-refractivity contribution in [1.29, 1.82) is 0 Å². The number of fused-ring (bicyclic) bond motifs is 3. The highest BCUT2D eigenvalue weighted by atomic mass is 15.2. The van der Waals surface area contributed by atoms with Crippen LogP contribution in [0.5, 0.6) is 0 Å². The van der Waals surface area contributed by atoms with Crippen molar-refractivity contribution < 1.29 is 0 Å². The van der Waals surface area contributed by atoms with Gasteiger partial charge >= 0.3 is 0 Å². The van der Waals surface area contributed by atoms with Gasteiger partial charge in [0.05, 0.1) is 11.0 Å². The minimum Gasteiger partial charge on any atom is -0.278 e. The lowest BCUT2D eigenvalue weighted by atomic mass is 9.97. The average Bonchev–Trinajstić information content (AvgIpc) is 3.93. The Morgan fingerprint density at radius 3 is 1.20 bits per heavy atom. The molecule has 0 N–H and O–H groups in total. The van der Waals surface area contributed by atoms with E-state index in [1.807, 2.05) is 85.8 Å². The zero-order chi connectivity index (χ0) is 52.9. The first-order chi connectivity index (χ1) is 39.1. The molecule has 0 aliphatic heterocycles. The molecule has 0 aliphatic carbocycles. The van der Waals surface area contributed by atoms with Crippen LogP contribution in [0.3, 0.4) is 0 Å². The molecule has 7 heteroatoms. The van der Waals surface area contributed by atoms with Crippen molar-refractivity contribution >= 4 is 21.8 Å². The maximum absolute atomic E-state index is 5.33. The van der Waals surface area contributed by atoms with Gasteiger partial charge in [-0.1, -0.05) is 237 Å². The summed E-state index contributed by atoms with van der Waals surface area (Å²) in [7, 11) is 0. The molecule has 7 nitrogen and oxygen atoms in total. The maximum atomic E-state index is 5.33. The fraction of sp³-hybridized carbons (Fsp3) is 0.0278. The van der Waals surface area contributed by atoms with Gasteiger partial charge in [0.25, 0.3) is 0 Å². The Labute approximate surface area is 459 Å². The minimum absolute atomic E-state index is 0.536. The van der Waals surface area contributed by atoms with Crippen molar-refractivity contribution in [2.24, 2.45) is 0 Å². The molecule has 0 fully saturated rings. The number of nitrogens with zero attached hydrogens (tertiary/aromatic N) is 7. The van der Waals surface area contributed by atoms with E-state index in [0.717, 1.165) is 95.0 Å². The Hall–Kier alpha value is -10.5. The molecule has 0 bridgehead atoms. The summed E-state index contributed by atoms with van der Waals surface area (Å²) < 4.78 is 2.19. The summed E-state index contributed by atoms with van der Waals surface area (Å²) in [6, 6.07) is 88.6. The Balaban J connectivity index is 0.977. The first kappa shape index (κ1) is 48.2. The van der Waals surface area contributed by atoms with Gasteiger partial charge in [-0.3, -0.25) is 4.57 Å². The molecule has 79 heavy (non-hydrogen) atoms. The van der Waals surface area contributed by atoms with E-state index < -0.39 is 0 Å². The van der Waals surface area contributed by atoms with Gasteiger partial charge in [-0.15, -0.1) is 0 Å². The van der Waals surface area contributed by atoms with Gasteiger partial charge in [-0.05, 0) is 106 Å². The SMILES string of the molecule is C/C=C\C=C/Cc1ccc2c(c1)c1c(-c3cccc(-c4nc(-c5cccc(-c6ccccc6)c5)nc(-c5cccc(-c6cccc(-c7ccccc7)c6)c5)n4)c3)cccc1n2-c1nc(-c2ccccc2)nc(-c2ccccc2)n1. The van der Waals surface area contributed by atoms with Crippen LogP contribution in [-0.2, 0) is 6.42 Å². The molecule has 0 atom stereocenters. The smallest absolute Gasteiger partial charge is 0.238 e. The second kappa shape index (κ2) is 21.6. The number of allylic oxidation sites excluding steroid dienone is 4. The van der Waals surface area contributed by atoms with Crippen molar-refractivity contribution in [3.63, 3.8) is 0 Å². The maximum Gasteiger partial charge on any atom is 0.238 e. The first-order valence-electron chi connectivity index (χ1n) is 26.6. The summed E-state index contributed by atoms with van der Waals surface area (Å²) >= 11 is 0. The number of hydrogen-bond donors (Lipinski definition) is 0. The molecule has 3 aromatic heterocycles. The van der Waals surface area contributed by atoms with Crippen molar-refractivity contribution in [2.75, 3.05) is 0 Å². The Morgan fingerprint density at radius 2 is 0.709 bits per heavy atom. The van der Waals surface area contributed by atoms with E-state index in [1.54, 1.807) is 0 Å². The highest BCUT2D eigenvalue weighted by Gasteiger charge is 2.22. The van der Waals surface area contributed by atoms with Gasteiger partial charge in [-0.25, -0.2) is 19.9 Å². The molecule has 0 spiro atoms. The van der Waals surface area contributed by atoms with Gasteiger partial charge in [0.1, 0.15) is 0 Å². The van der Waals surface area contributed by atoms with Crippen molar-refractivity contribution in [2.45, 2.75) is 13.3 Å². The Bertz CT molecular complexity index is 4340. The first-order valence-corrected chi connectivity index (χ1v) is 26.6. The Morgan fingerprint density at radius 1 is 0.316 bits per heavy atom. The van der Waals surface area contributed by atoms with Crippen LogP contribution in [0.15, 0.2) is 279 Å². The van der Waals surface area contributed by atoms with E-state index in [9.17, 15) is 0 Å². The van der Waals surface area contributed by atoms with E-state index in [4.69, 9.17) is 29.9 Å². The van der Waals surface area contributed by atoms with Gasteiger partial charge in [0.2, 0.25) is 5.95 Å². The van der Waals surface area contributed by atoms with Crippen LogP contribution in [0.1, 0.15) is 12.5 Å². The molecule has 0 unspecified atom stereocenters. The molecule has 0 aliphatic rings. The topological polar surface area (TPSA) is 82.3 Å². The number of benzene rings is 10. The van der Waals surface area contributed by atoms with Crippen LogP contribution < -0.4 is 0 Å². The summed E-state index contributed by atoms with van der Waals surface area (Å²) in [6.07, 6.45) is 9.18. The molecule has 374 valence electrons. The van der Waals surface area contributed by atoms with Crippen LogP contribution >= 0.6 is 0 Å². The van der Waals surface area contributed by atoms with E-state index >= 15 is 0 Å². The van der Waals surface area contributed by atoms with Crippen LogP contribution in [0.4, 0.5) is 0 Å². The summed E-state index contributed by atoms with van der Waals surface area (Å²) in [5.41, 5.74) is 16.4. The molecule has 0 saturated heterocycles. The summed E-state index contributed by atoms with van der Waals surface area (Å²) in [5.74, 6) is 3.47. The Kier molecular flexibility index (Phi) is 13.2. The lowest BCUT2D eigenvalue weighted by Gasteiger charge is -2.12. The van der Waals surface area contributed by atoms with Crippen LogP contribution in [0, 0.1) is 0 Å². The van der Waals surface area contributed by atoms with Crippen molar-refractivity contribution in [3.05, 3.63) is 285 Å².